The lowest BCUT2D eigenvalue weighted by Crippen LogP contribution is -2.22. The van der Waals surface area contributed by atoms with Crippen molar-refractivity contribution in [1.29, 1.82) is 0 Å². The summed E-state index contributed by atoms with van der Waals surface area (Å²) in [6, 6.07) is 0. The van der Waals surface area contributed by atoms with Gasteiger partial charge in [0.15, 0.2) is 0 Å². The molecular weight excluding hydrogens is 456 g/mol. The molecule has 36 heavy (non-hydrogen) atoms. The van der Waals surface area contributed by atoms with Crippen molar-refractivity contribution in [3.05, 3.63) is 12.2 Å². The SMILES string of the molecule is CCCCCCCCCCOCC(O)COC/C=C\COCC(O)COCCCCCCCCCC. The van der Waals surface area contributed by atoms with Gasteiger partial charge in [0.1, 0.15) is 12.2 Å². The molecule has 0 aromatic carbocycles. The fraction of sp³-hybridized carbons (Fsp3) is 0.933. The average molecular weight is 517 g/mol. The topological polar surface area (TPSA) is 77.4 Å². The molecule has 0 aromatic rings. The maximum absolute atomic E-state index is 9.91. The number of ether oxygens (including phenoxy) is 4. The molecule has 0 spiro atoms. The molecule has 0 bridgehead atoms. The zero-order valence-electron chi connectivity index (χ0n) is 23.8. The number of aliphatic hydroxyl groups is 2. The van der Waals surface area contributed by atoms with Gasteiger partial charge in [-0.2, -0.15) is 0 Å². The van der Waals surface area contributed by atoms with Gasteiger partial charge in [-0.15, -0.1) is 0 Å². The summed E-state index contributed by atoms with van der Waals surface area (Å²) in [5.41, 5.74) is 0. The molecule has 0 saturated carbocycles. The van der Waals surface area contributed by atoms with Gasteiger partial charge in [-0.25, -0.2) is 0 Å². The summed E-state index contributed by atoms with van der Waals surface area (Å²) >= 11 is 0. The van der Waals surface area contributed by atoms with Gasteiger partial charge in [0.25, 0.3) is 0 Å². The van der Waals surface area contributed by atoms with Crippen molar-refractivity contribution in [1.82, 2.24) is 0 Å². The minimum atomic E-state index is -0.593. The predicted octanol–water partition coefficient (Wildman–Crippen LogP) is 6.61. The molecular formula is C30H60O6. The van der Waals surface area contributed by atoms with Crippen LogP contribution in [0.25, 0.3) is 0 Å². The highest BCUT2D eigenvalue weighted by Crippen LogP contribution is 2.09. The van der Waals surface area contributed by atoms with E-state index in [9.17, 15) is 10.2 Å². The van der Waals surface area contributed by atoms with Crippen LogP contribution in [-0.4, -0.2) is 75.3 Å². The Hall–Kier alpha value is -0.500. The highest BCUT2D eigenvalue weighted by Gasteiger charge is 2.05. The van der Waals surface area contributed by atoms with Crippen LogP contribution in [0.4, 0.5) is 0 Å². The quantitative estimate of drug-likeness (QED) is 0.0826. The van der Waals surface area contributed by atoms with Gasteiger partial charge in [-0.3, -0.25) is 0 Å². The molecule has 216 valence electrons. The van der Waals surface area contributed by atoms with Crippen LogP contribution < -0.4 is 0 Å². The third-order valence-electron chi connectivity index (χ3n) is 6.12. The highest BCUT2D eigenvalue weighted by molar-refractivity contribution is 4.81. The van der Waals surface area contributed by atoms with Crippen molar-refractivity contribution in [2.75, 3.05) is 52.9 Å². The van der Waals surface area contributed by atoms with Crippen LogP contribution in [0.2, 0.25) is 0 Å². The minimum Gasteiger partial charge on any atom is -0.388 e. The van der Waals surface area contributed by atoms with Crippen LogP contribution in [0.3, 0.4) is 0 Å². The lowest BCUT2D eigenvalue weighted by Gasteiger charge is -2.11. The smallest absolute Gasteiger partial charge is 0.101 e. The molecule has 0 fully saturated rings. The van der Waals surface area contributed by atoms with Crippen LogP contribution >= 0.6 is 0 Å². The molecule has 0 radical (unpaired) electrons. The van der Waals surface area contributed by atoms with E-state index in [1.54, 1.807) is 0 Å². The molecule has 0 aromatic heterocycles. The summed E-state index contributed by atoms with van der Waals surface area (Å²) in [5, 5.41) is 19.8. The lowest BCUT2D eigenvalue weighted by atomic mass is 10.1. The van der Waals surface area contributed by atoms with Gasteiger partial charge < -0.3 is 29.2 Å². The molecule has 0 saturated heterocycles. The molecule has 6 heteroatoms. The lowest BCUT2D eigenvalue weighted by molar-refractivity contribution is -0.0154. The average Bonchev–Trinajstić information content (AvgIpc) is 2.87. The largest absolute Gasteiger partial charge is 0.388 e. The molecule has 0 amide bonds. The first kappa shape index (κ1) is 35.5. The summed E-state index contributed by atoms with van der Waals surface area (Å²) in [6.45, 7) is 7.91. The van der Waals surface area contributed by atoms with Gasteiger partial charge in [0.2, 0.25) is 0 Å². The van der Waals surface area contributed by atoms with Gasteiger partial charge >= 0.3 is 0 Å². The van der Waals surface area contributed by atoms with Crippen molar-refractivity contribution in [3.8, 4) is 0 Å². The Balaban J connectivity index is 3.32. The molecule has 2 atom stereocenters. The second-order valence-corrected chi connectivity index (χ2v) is 9.95. The Morgan fingerprint density at radius 1 is 0.444 bits per heavy atom. The van der Waals surface area contributed by atoms with E-state index in [4.69, 9.17) is 18.9 Å². The maximum Gasteiger partial charge on any atom is 0.101 e. The molecule has 6 nitrogen and oxygen atoms in total. The van der Waals surface area contributed by atoms with Crippen molar-refractivity contribution >= 4 is 0 Å². The molecule has 0 rings (SSSR count). The van der Waals surface area contributed by atoms with E-state index < -0.39 is 12.2 Å². The fourth-order valence-corrected chi connectivity index (χ4v) is 3.89. The molecule has 2 unspecified atom stereocenters. The van der Waals surface area contributed by atoms with E-state index in [-0.39, 0.29) is 13.2 Å². The van der Waals surface area contributed by atoms with Crippen LogP contribution in [-0.2, 0) is 18.9 Å². The summed E-state index contributed by atoms with van der Waals surface area (Å²) < 4.78 is 22.0. The van der Waals surface area contributed by atoms with Gasteiger partial charge in [-0.1, -0.05) is 116 Å². The summed E-state index contributed by atoms with van der Waals surface area (Å²) in [4.78, 5) is 0. The summed E-state index contributed by atoms with van der Waals surface area (Å²) in [6.07, 6.45) is 23.0. The first-order chi connectivity index (χ1) is 17.7. The Kier molecular flexibility index (Phi) is 30.3. The number of rotatable bonds is 30. The van der Waals surface area contributed by atoms with Crippen molar-refractivity contribution in [3.63, 3.8) is 0 Å². The number of unbranched alkanes of at least 4 members (excludes halogenated alkanes) is 14. The molecule has 0 heterocycles. The summed E-state index contributed by atoms with van der Waals surface area (Å²) in [7, 11) is 0. The summed E-state index contributed by atoms with van der Waals surface area (Å²) in [5.74, 6) is 0. The van der Waals surface area contributed by atoms with E-state index in [0.717, 1.165) is 12.8 Å². The zero-order chi connectivity index (χ0) is 26.4. The van der Waals surface area contributed by atoms with E-state index in [0.29, 0.717) is 39.6 Å². The normalized spacial score (nSPS) is 13.6. The second kappa shape index (κ2) is 30.7. The van der Waals surface area contributed by atoms with Gasteiger partial charge in [-0.05, 0) is 12.8 Å². The Morgan fingerprint density at radius 3 is 1.11 bits per heavy atom. The van der Waals surface area contributed by atoms with Crippen LogP contribution in [0, 0.1) is 0 Å². The molecule has 0 aliphatic rings. The first-order valence-corrected chi connectivity index (χ1v) is 15.0. The second-order valence-electron chi connectivity index (χ2n) is 9.95. The number of aliphatic hydroxyl groups excluding tert-OH is 2. The molecule has 2 N–H and O–H groups in total. The van der Waals surface area contributed by atoms with Crippen molar-refractivity contribution in [2.45, 2.75) is 129 Å². The Labute approximate surface area is 223 Å². The standard InChI is InChI=1S/C30H60O6/c1-3-5-7-9-11-13-15-17-21-33-25-29(31)27-35-23-19-20-24-36-28-30(32)26-34-22-18-16-14-12-10-8-6-4-2/h19-20,29-32H,3-18,21-28H2,1-2H3/b20-19-. The fourth-order valence-electron chi connectivity index (χ4n) is 3.89. The van der Waals surface area contributed by atoms with Crippen molar-refractivity contribution < 1.29 is 29.2 Å². The zero-order valence-corrected chi connectivity index (χ0v) is 23.8. The third-order valence-corrected chi connectivity index (χ3v) is 6.12. The molecule has 0 aliphatic carbocycles. The highest BCUT2D eigenvalue weighted by atomic mass is 16.5. The van der Waals surface area contributed by atoms with Crippen molar-refractivity contribution in [2.24, 2.45) is 0 Å². The van der Waals surface area contributed by atoms with Gasteiger partial charge in [0, 0.05) is 13.2 Å². The van der Waals surface area contributed by atoms with Gasteiger partial charge in [0.05, 0.1) is 39.6 Å². The molecule has 0 aliphatic heterocycles. The van der Waals surface area contributed by atoms with E-state index in [1.165, 1.54) is 89.9 Å². The monoisotopic (exact) mass is 516 g/mol. The van der Waals surface area contributed by atoms with Crippen LogP contribution in [0.15, 0.2) is 12.2 Å². The minimum absolute atomic E-state index is 0.261. The predicted molar refractivity (Wildman–Crippen MR) is 150 cm³/mol. The number of hydrogen-bond donors (Lipinski definition) is 2. The Morgan fingerprint density at radius 2 is 0.750 bits per heavy atom. The Bertz CT molecular complexity index is 394. The van der Waals surface area contributed by atoms with E-state index >= 15 is 0 Å². The number of hydrogen-bond acceptors (Lipinski definition) is 6. The van der Waals surface area contributed by atoms with Crippen LogP contribution in [0.1, 0.15) is 117 Å². The van der Waals surface area contributed by atoms with E-state index in [2.05, 4.69) is 13.8 Å². The van der Waals surface area contributed by atoms with Crippen LogP contribution in [0.5, 0.6) is 0 Å². The first-order valence-electron chi connectivity index (χ1n) is 15.0. The maximum atomic E-state index is 9.91. The third kappa shape index (κ3) is 29.7. The van der Waals surface area contributed by atoms with E-state index in [1.807, 2.05) is 12.2 Å².